The molecule has 1 aromatic rings. The number of nitrogens with one attached hydrogen (secondary N) is 1. The van der Waals surface area contributed by atoms with E-state index in [2.05, 4.69) is 44.1 Å². The van der Waals surface area contributed by atoms with Gasteiger partial charge in [0, 0.05) is 37.9 Å². The van der Waals surface area contributed by atoms with Crippen molar-refractivity contribution in [3.63, 3.8) is 0 Å². The molecule has 4 nitrogen and oxygen atoms in total. The van der Waals surface area contributed by atoms with Gasteiger partial charge in [-0.25, -0.2) is 0 Å². The van der Waals surface area contributed by atoms with Crippen molar-refractivity contribution in [2.24, 2.45) is 0 Å². The number of rotatable bonds is 8. The highest BCUT2D eigenvalue weighted by Gasteiger charge is 2.10. The lowest BCUT2D eigenvalue weighted by molar-refractivity contribution is 0.176. The largest absolute Gasteiger partial charge is 0.468 e. The van der Waals surface area contributed by atoms with E-state index in [9.17, 15) is 0 Å². The average Bonchev–Trinajstić information content (AvgIpc) is 2.73. The minimum absolute atomic E-state index is 0.133. The fourth-order valence-electron chi connectivity index (χ4n) is 1.79. The lowest BCUT2D eigenvalue weighted by Crippen LogP contribution is -2.34. The number of hydrogen-bond acceptors (Lipinski definition) is 4. The highest BCUT2D eigenvalue weighted by molar-refractivity contribution is 5.12. The first kappa shape index (κ1) is 16.2. The van der Waals surface area contributed by atoms with E-state index in [0.29, 0.717) is 0 Å². The second-order valence-electron chi connectivity index (χ2n) is 6.11. The van der Waals surface area contributed by atoms with E-state index in [-0.39, 0.29) is 5.54 Å². The molecule has 4 heteroatoms. The molecular formula is C15H28N2O2. The molecule has 0 unspecified atom stereocenters. The molecule has 0 saturated carbocycles. The van der Waals surface area contributed by atoms with Crippen LogP contribution in [0.3, 0.4) is 0 Å². The zero-order chi connectivity index (χ0) is 14.3. The molecule has 0 fully saturated rings. The van der Waals surface area contributed by atoms with Crippen LogP contribution in [0.2, 0.25) is 0 Å². The number of ether oxygens (including phenoxy) is 1. The Morgan fingerprint density at radius 2 is 2.11 bits per heavy atom. The molecule has 0 saturated heterocycles. The first-order chi connectivity index (χ1) is 8.90. The Kier molecular flexibility index (Phi) is 6.55. The third-order valence-electron chi connectivity index (χ3n) is 2.84. The summed E-state index contributed by atoms with van der Waals surface area (Å²) in [5.74, 6) is 1.02. The van der Waals surface area contributed by atoms with Crippen LogP contribution >= 0.6 is 0 Å². The number of furan rings is 1. The van der Waals surface area contributed by atoms with Gasteiger partial charge in [-0.2, -0.15) is 0 Å². The van der Waals surface area contributed by atoms with Crippen molar-refractivity contribution in [2.45, 2.75) is 45.8 Å². The second kappa shape index (κ2) is 7.68. The van der Waals surface area contributed by atoms with E-state index in [1.807, 2.05) is 6.26 Å². The van der Waals surface area contributed by atoms with Gasteiger partial charge in [-0.05, 0) is 40.3 Å². The van der Waals surface area contributed by atoms with Gasteiger partial charge in [0.2, 0.25) is 0 Å². The molecule has 0 amide bonds. The maximum Gasteiger partial charge on any atom is 0.118 e. The average molecular weight is 268 g/mol. The van der Waals surface area contributed by atoms with Crippen LogP contribution in [0.1, 0.15) is 38.5 Å². The molecule has 0 bridgehead atoms. The Hall–Kier alpha value is -0.840. The van der Waals surface area contributed by atoms with Crippen LogP contribution in [0.15, 0.2) is 16.7 Å². The third kappa shape index (κ3) is 7.35. The maximum absolute atomic E-state index is 5.59. The Bertz CT molecular complexity index is 355. The zero-order valence-corrected chi connectivity index (χ0v) is 13.0. The molecule has 0 spiro atoms. The van der Waals surface area contributed by atoms with Crippen LogP contribution in [0, 0.1) is 0 Å². The van der Waals surface area contributed by atoms with Crippen LogP contribution in [0.5, 0.6) is 0 Å². The van der Waals surface area contributed by atoms with E-state index >= 15 is 0 Å². The molecule has 0 aliphatic heterocycles. The van der Waals surface area contributed by atoms with Crippen molar-refractivity contribution >= 4 is 0 Å². The summed E-state index contributed by atoms with van der Waals surface area (Å²) in [4.78, 5) is 2.25. The molecule has 110 valence electrons. The summed E-state index contributed by atoms with van der Waals surface area (Å²) in [6, 6.07) is 2.13. The van der Waals surface area contributed by atoms with E-state index in [0.717, 1.165) is 38.4 Å². The van der Waals surface area contributed by atoms with Gasteiger partial charge in [-0.15, -0.1) is 0 Å². The summed E-state index contributed by atoms with van der Waals surface area (Å²) >= 11 is 0. The van der Waals surface area contributed by atoms with Crippen molar-refractivity contribution in [1.82, 2.24) is 10.2 Å². The van der Waals surface area contributed by atoms with E-state index in [1.54, 1.807) is 7.11 Å². The topological polar surface area (TPSA) is 37.6 Å². The van der Waals surface area contributed by atoms with Gasteiger partial charge in [-0.1, -0.05) is 0 Å². The molecule has 0 radical (unpaired) electrons. The molecule has 0 aliphatic carbocycles. The van der Waals surface area contributed by atoms with Gasteiger partial charge in [0.15, 0.2) is 0 Å². The molecular weight excluding hydrogens is 240 g/mol. The molecule has 19 heavy (non-hydrogen) atoms. The Morgan fingerprint density at radius 3 is 2.74 bits per heavy atom. The fraction of sp³-hybridized carbons (Fsp3) is 0.733. The minimum Gasteiger partial charge on any atom is -0.468 e. The summed E-state index contributed by atoms with van der Waals surface area (Å²) < 4.78 is 10.6. The lowest BCUT2D eigenvalue weighted by Gasteiger charge is -2.19. The van der Waals surface area contributed by atoms with Crippen molar-refractivity contribution in [3.05, 3.63) is 23.7 Å². The van der Waals surface area contributed by atoms with Crippen LogP contribution < -0.4 is 5.32 Å². The monoisotopic (exact) mass is 268 g/mol. The van der Waals surface area contributed by atoms with E-state index in [1.165, 1.54) is 5.56 Å². The molecule has 1 heterocycles. The van der Waals surface area contributed by atoms with Gasteiger partial charge in [0.25, 0.3) is 0 Å². The Labute approximate surface area is 117 Å². The minimum atomic E-state index is 0.133. The molecule has 0 atom stereocenters. The number of methoxy groups -OCH3 is 1. The number of nitrogens with zero attached hydrogens (tertiary/aromatic N) is 1. The Balaban J connectivity index is 2.33. The van der Waals surface area contributed by atoms with Gasteiger partial charge in [-0.3, -0.25) is 4.90 Å². The van der Waals surface area contributed by atoms with Crippen LogP contribution in [-0.2, 0) is 17.8 Å². The van der Waals surface area contributed by atoms with Crippen molar-refractivity contribution in [2.75, 3.05) is 27.3 Å². The first-order valence-corrected chi connectivity index (χ1v) is 6.89. The molecule has 1 N–H and O–H groups in total. The normalized spacial score (nSPS) is 12.3. The highest BCUT2D eigenvalue weighted by Crippen LogP contribution is 2.11. The van der Waals surface area contributed by atoms with Crippen LogP contribution in [-0.4, -0.2) is 37.7 Å². The molecule has 0 aromatic carbocycles. The van der Waals surface area contributed by atoms with Crippen LogP contribution in [0.4, 0.5) is 0 Å². The van der Waals surface area contributed by atoms with Gasteiger partial charge in [0.05, 0.1) is 12.8 Å². The summed E-state index contributed by atoms with van der Waals surface area (Å²) in [7, 11) is 3.84. The smallest absolute Gasteiger partial charge is 0.118 e. The summed E-state index contributed by atoms with van der Waals surface area (Å²) in [6.45, 7) is 10.0. The second-order valence-corrected chi connectivity index (χ2v) is 6.11. The molecule has 1 rings (SSSR count). The molecule has 0 aliphatic rings. The van der Waals surface area contributed by atoms with Gasteiger partial charge < -0.3 is 14.5 Å². The Morgan fingerprint density at radius 1 is 1.37 bits per heavy atom. The summed E-state index contributed by atoms with van der Waals surface area (Å²) in [5.41, 5.74) is 1.34. The van der Waals surface area contributed by atoms with Crippen molar-refractivity contribution in [1.29, 1.82) is 0 Å². The zero-order valence-electron chi connectivity index (χ0n) is 13.0. The SMILES string of the molecule is COCCCN(C)Cc1cc(CNC(C)(C)C)co1. The van der Waals surface area contributed by atoms with Gasteiger partial charge >= 0.3 is 0 Å². The predicted octanol–water partition coefficient (Wildman–Crippen LogP) is 2.64. The first-order valence-electron chi connectivity index (χ1n) is 6.89. The van der Waals surface area contributed by atoms with E-state index < -0.39 is 0 Å². The van der Waals surface area contributed by atoms with E-state index in [4.69, 9.17) is 9.15 Å². The van der Waals surface area contributed by atoms with Crippen molar-refractivity contribution in [3.8, 4) is 0 Å². The quantitative estimate of drug-likeness (QED) is 0.736. The van der Waals surface area contributed by atoms with Gasteiger partial charge in [0.1, 0.15) is 5.76 Å². The maximum atomic E-state index is 5.59. The number of hydrogen-bond donors (Lipinski definition) is 1. The predicted molar refractivity (Wildman–Crippen MR) is 78.1 cm³/mol. The lowest BCUT2D eigenvalue weighted by atomic mass is 10.1. The third-order valence-corrected chi connectivity index (χ3v) is 2.84. The van der Waals surface area contributed by atoms with Crippen LogP contribution in [0.25, 0.3) is 0 Å². The standard InChI is InChI=1S/C15H28N2O2/c1-15(2,3)16-10-13-9-14(19-12-13)11-17(4)7-6-8-18-5/h9,12,16H,6-8,10-11H2,1-5H3. The molecule has 1 aromatic heterocycles. The summed E-state index contributed by atoms with van der Waals surface area (Å²) in [6.07, 6.45) is 2.89. The highest BCUT2D eigenvalue weighted by atomic mass is 16.5. The van der Waals surface area contributed by atoms with Crippen molar-refractivity contribution < 1.29 is 9.15 Å². The summed E-state index contributed by atoms with van der Waals surface area (Å²) in [5, 5.41) is 3.46. The fourth-order valence-corrected chi connectivity index (χ4v) is 1.79.